The fourth-order valence-electron chi connectivity index (χ4n) is 2.52. The van der Waals surface area contributed by atoms with Crippen molar-refractivity contribution in [2.24, 2.45) is 0 Å². The maximum absolute atomic E-state index is 12.3. The van der Waals surface area contributed by atoms with Crippen LogP contribution in [0.15, 0.2) is 64.1 Å². The Bertz CT molecular complexity index is 969. The van der Waals surface area contributed by atoms with Gasteiger partial charge in [0.15, 0.2) is 0 Å². The van der Waals surface area contributed by atoms with E-state index in [1.165, 1.54) is 18.0 Å². The molecule has 1 aliphatic heterocycles. The number of oxazole rings is 1. The zero-order valence-electron chi connectivity index (χ0n) is 13.6. The summed E-state index contributed by atoms with van der Waals surface area (Å²) in [6.45, 7) is 0.00730. The van der Waals surface area contributed by atoms with Gasteiger partial charge in [0.2, 0.25) is 11.8 Å². The second-order valence-corrected chi connectivity index (χ2v) is 6.65. The summed E-state index contributed by atoms with van der Waals surface area (Å²) in [5, 5.41) is 2.76. The first kappa shape index (κ1) is 16.4. The molecule has 1 N–H and O–H groups in total. The van der Waals surface area contributed by atoms with Crippen molar-refractivity contribution < 1.29 is 18.7 Å². The Morgan fingerprint density at radius 1 is 1.23 bits per heavy atom. The van der Waals surface area contributed by atoms with E-state index in [0.29, 0.717) is 28.6 Å². The molecule has 0 fully saturated rings. The van der Waals surface area contributed by atoms with Crippen molar-refractivity contribution in [2.75, 3.05) is 11.1 Å². The average molecular weight is 366 g/mol. The lowest BCUT2D eigenvalue weighted by Gasteiger charge is -2.16. The first-order valence-corrected chi connectivity index (χ1v) is 8.91. The number of ether oxygens (including phenoxy) is 1. The maximum atomic E-state index is 12.3. The van der Waals surface area contributed by atoms with Gasteiger partial charge in [-0.05, 0) is 30.3 Å². The van der Waals surface area contributed by atoms with Crippen LogP contribution in [-0.4, -0.2) is 22.6 Å². The van der Waals surface area contributed by atoms with Gasteiger partial charge in [0.1, 0.15) is 18.6 Å². The van der Waals surface area contributed by atoms with Crippen LogP contribution >= 0.6 is 11.8 Å². The smallest absolute Gasteiger partial charge is 0.338 e. The molecule has 2 aromatic carbocycles. The number of fused-ring (bicyclic) bond motifs is 1. The highest BCUT2D eigenvalue weighted by atomic mass is 32.2. The molecule has 26 heavy (non-hydrogen) atoms. The van der Waals surface area contributed by atoms with Gasteiger partial charge < -0.3 is 14.5 Å². The molecular weight excluding hydrogens is 352 g/mol. The number of nitrogens with one attached hydrogen (secondary N) is 1. The van der Waals surface area contributed by atoms with E-state index in [-0.39, 0.29) is 12.5 Å². The second-order valence-electron chi connectivity index (χ2n) is 5.63. The summed E-state index contributed by atoms with van der Waals surface area (Å²) in [7, 11) is 0. The Hall–Kier alpha value is -3.06. The fourth-order valence-corrected chi connectivity index (χ4v) is 3.31. The van der Waals surface area contributed by atoms with E-state index in [9.17, 15) is 9.59 Å². The molecule has 0 radical (unpaired) electrons. The molecule has 0 saturated carbocycles. The van der Waals surface area contributed by atoms with Crippen LogP contribution in [-0.2, 0) is 16.1 Å². The number of aromatic nitrogens is 1. The van der Waals surface area contributed by atoms with Crippen molar-refractivity contribution in [3.05, 3.63) is 66.1 Å². The van der Waals surface area contributed by atoms with Crippen LogP contribution in [0.4, 0.5) is 5.69 Å². The lowest BCUT2D eigenvalue weighted by molar-refractivity contribution is -0.113. The van der Waals surface area contributed by atoms with Gasteiger partial charge in [-0.25, -0.2) is 9.78 Å². The molecule has 130 valence electrons. The summed E-state index contributed by atoms with van der Waals surface area (Å²) in [6, 6.07) is 14.6. The summed E-state index contributed by atoms with van der Waals surface area (Å²) >= 11 is 1.44. The van der Waals surface area contributed by atoms with Crippen molar-refractivity contribution in [1.82, 2.24) is 4.98 Å². The number of anilines is 1. The van der Waals surface area contributed by atoms with Gasteiger partial charge in [0.25, 0.3) is 0 Å². The first-order valence-electron chi connectivity index (χ1n) is 7.93. The predicted octanol–water partition coefficient (Wildman–Crippen LogP) is 3.74. The summed E-state index contributed by atoms with van der Waals surface area (Å²) in [5.41, 5.74) is 2.39. The Kier molecular flexibility index (Phi) is 4.45. The number of nitrogens with zero attached hydrogens (tertiary/aromatic N) is 1. The Labute approximate surface area is 153 Å². The van der Waals surface area contributed by atoms with E-state index in [4.69, 9.17) is 9.15 Å². The molecule has 2 heterocycles. The zero-order chi connectivity index (χ0) is 17.9. The molecule has 0 unspecified atom stereocenters. The van der Waals surface area contributed by atoms with Crippen LogP contribution in [0.5, 0.6) is 0 Å². The van der Waals surface area contributed by atoms with Crippen LogP contribution in [0.1, 0.15) is 16.1 Å². The van der Waals surface area contributed by atoms with Crippen molar-refractivity contribution in [1.29, 1.82) is 0 Å². The molecule has 3 aromatic rings. The standard InChI is InChI=1S/C19H14N2O4S/c22-17-11-26-16-7-6-13(8-15(16)21-17)19(23)25-10-14-9-24-18(20-14)12-4-2-1-3-5-12/h1-9H,10-11H2,(H,21,22). The van der Waals surface area contributed by atoms with E-state index in [0.717, 1.165) is 10.5 Å². The molecule has 0 saturated heterocycles. The SMILES string of the molecule is O=C1CSc2ccc(C(=O)OCc3coc(-c4ccccc4)n3)cc2N1. The van der Waals surface area contributed by atoms with Crippen molar-refractivity contribution in [3.63, 3.8) is 0 Å². The predicted molar refractivity (Wildman–Crippen MR) is 96.9 cm³/mol. The first-order chi connectivity index (χ1) is 12.7. The van der Waals surface area contributed by atoms with Crippen molar-refractivity contribution >= 4 is 29.3 Å². The molecular formula is C19H14N2O4S. The van der Waals surface area contributed by atoms with Gasteiger partial charge in [0, 0.05) is 10.5 Å². The number of benzene rings is 2. The number of rotatable bonds is 4. The topological polar surface area (TPSA) is 81.4 Å². The number of hydrogen-bond donors (Lipinski definition) is 1. The third kappa shape index (κ3) is 3.48. The minimum atomic E-state index is -0.484. The third-order valence-corrected chi connectivity index (χ3v) is 4.85. The maximum Gasteiger partial charge on any atom is 0.338 e. The van der Waals surface area contributed by atoms with E-state index >= 15 is 0 Å². The molecule has 7 heteroatoms. The zero-order valence-corrected chi connectivity index (χ0v) is 14.4. The summed E-state index contributed by atoms with van der Waals surface area (Å²) in [5.74, 6) is 0.295. The molecule has 1 amide bonds. The van der Waals surface area contributed by atoms with Crippen LogP contribution in [0, 0.1) is 0 Å². The average Bonchev–Trinajstić information content (AvgIpc) is 3.15. The molecule has 6 nitrogen and oxygen atoms in total. The molecule has 0 spiro atoms. The fraction of sp³-hybridized carbons (Fsp3) is 0.105. The van der Waals surface area contributed by atoms with Gasteiger partial charge in [-0.15, -0.1) is 11.8 Å². The minimum Gasteiger partial charge on any atom is -0.455 e. The van der Waals surface area contributed by atoms with Crippen LogP contribution in [0.25, 0.3) is 11.5 Å². The molecule has 0 aliphatic carbocycles. The van der Waals surface area contributed by atoms with Crippen molar-refractivity contribution in [3.8, 4) is 11.5 Å². The van der Waals surface area contributed by atoms with Gasteiger partial charge in [-0.1, -0.05) is 18.2 Å². The number of thioether (sulfide) groups is 1. The Balaban J connectivity index is 1.42. The normalized spacial score (nSPS) is 13.0. The van der Waals surface area contributed by atoms with Crippen molar-refractivity contribution in [2.45, 2.75) is 11.5 Å². The highest BCUT2D eigenvalue weighted by Gasteiger charge is 2.18. The second kappa shape index (κ2) is 7.05. The van der Waals surface area contributed by atoms with E-state index in [1.54, 1.807) is 18.2 Å². The molecule has 1 aliphatic rings. The number of carbonyl (C=O) groups is 2. The summed E-state index contributed by atoms with van der Waals surface area (Å²) in [6.07, 6.45) is 1.47. The highest BCUT2D eigenvalue weighted by molar-refractivity contribution is 8.00. The monoisotopic (exact) mass is 366 g/mol. The molecule has 4 rings (SSSR count). The van der Waals surface area contributed by atoms with E-state index in [2.05, 4.69) is 10.3 Å². The highest BCUT2D eigenvalue weighted by Crippen LogP contribution is 2.32. The van der Waals surface area contributed by atoms with Gasteiger partial charge >= 0.3 is 5.97 Å². The van der Waals surface area contributed by atoms with Gasteiger partial charge in [0.05, 0.1) is 17.0 Å². The van der Waals surface area contributed by atoms with Gasteiger partial charge in [-0.3, -0.25) is 4.79 Å². The Morgan fingerprint density at radius 3 is 2.92 bits per heavy atom. The number of carbonyl (C=O) groups excluding carboxylic acids is 2. The van der Waals surface area contributed by atoms with Crippen LogP contribution < -0.4 is 5.32 Å². The van der Waals surface area contributed by atoms with Gasteiger partial charge in [-0.2, -0.15) is 0 Å². The molecule has 1 aromatic heterocycles. The van der Waals surface area contributed by atoms with Crippen LogP contribution in [0.3, 0.4) is 0 Å². The lowest BCUT2D eigenvalue weighted by atomic mass is 10.2. The lowest BCUT2D eigenvalue weighted by Crippen LogP contribution is -2.19. The van der Waals surface area contributed by atoms with E-state index < -0.39 is 5.97 Å². The van der Waals surface area contributed by atoms with E-state index in [1.807, 2.05) is 30.3 Å². The third-order valence-electron chi connectivity index (χ3n) is 3.77. The summed E-state index contributed by atoms with van der Waals surface area (Å²) < 4.78 is 10.7. The quantitative estimate of drug-likeness (QED) is 0.709. The molecule has 0 bridgehead atoms. The molecule has 0 atom stereocenters. The number of amides is 1. The Morgan fingerprint density at radius 2 is 2.08 bits per heavy atom. The summed E-state index contributed by atoms with van der Waals surface area (Å²) in [4.78, 5) is 29.0. The minimum absolute atomic E-state index is 0.00730. The number of esters is 1. The van der Waals surface area contributed by atoms with Crippen LogP contribution in [0.2, 0.25) is 0 Å². The largest absolute Gasteiger partial charge is 0.455 e. The number of hydrogen-bond acceptors (Lipinski definition) is 6.